The van der Waals surface area contributed by atoms with Crippen LogP contribution in [0, 0.1) is 0 Å². The average Bonchev–Trinajstić information content (AvgIpc) is 2.03. The highest BCUT2D eigenvalue weighted by Gasteiger charge is 1.79. The second-order valence-corrected chi connectivity index (χ2v) is 1.88. The molecule has 0 spiro atoms. The number of pyridine rings is 1. The van der Waals surface area contributed by atoms with Crippen molar-refractivity contribution in [2.75, 3.05) is 0 Å². The molecule has 0 aliphatic rings. The highest BCUT2D eigenvalue weighted by Crippen LogP contribution is 1.97. The van der Waals surface area contributed by atoms with Gasteiger partial charge in [0.15, 0.2) is 0 Å². The monoisotopic (exact) mass is 131 g/mol. The highest BCUT2D eigenvalue weighted by molar-refractivity contribution is 5.48. The van der Waals surface area contributed by atoms with Crippen LogP contribution in [0.5, 0.6) is 0 Å². The molecule has 0 N–H and O–H groups in total. The normalized spacial score (nSPS) is 10.0. The van der Waals surface area contributed by atoms with E-state index in [1.807, 2.05) is 24.3 Å². The first-order valence-electron chi connectivity index (χ1n) is 3.12. The molecular formula is C9H9N. The lowest BCUT2D eigenvalue weighted by Crippen LogP contribution is -1.71. The number of allylic oxidation sites excluding steroid dienone is 2. The summed E-state index contributed by atoms with van der Waals surface area (Å²) < 4.78 is 0. The minimum absolute atomic E-state index is 1.10. The topological polar surface area (TPSA) is 12.9 Å². The fraction of sp³-hybridized carbons (Fsp3) is 0. The molecule has 10 heavy (non-hydrogen) atoms. The summed E-state index contributed by atoms with van der Waals surface area (Å²) in [5.74, 6) is 0. The third-order valence-corrected chi connectivity index (χ3v) is 1.11. The highest BCUT2D eigenvalue weighted by atomic mass is 14.6. The molecule has 0 aromatic carbocycles. The molecule has 1 rings (SSSR count). The van der Waals surface area contributed by atoms with E-state index in [1.165, 1.54) is 0 Å². The third-order valence-electron chi connectivity index (χ3n) is 1.11. The van der Waals surface area contributed by atoms with Crippen LogP contribution in [0.1, 0.15) is 5.56 Å². The summed E-state index contributed by atoms with van der Waals surface area (Å²) in [7, 11) is 0. The quantitative estimate of drug-likeness (QED) is 0.561. The van der Waals surface area contributed by atoms with Crippen LogP contribution in [0.4, 0.5) is 0 Å². The van der Waals surface area contributed by atoms with Gasteiger partial charge in [-0.1, -0.05) is 30.9 Å². The second-order valence-electron chi connectivity index (χ2n) is 1.88. The Morgan fingerprint density at radius 2 is 2.40 bits per heavy atom. The summed E-state index contributed by atoms with van der Waals surface area (Å²) in [4.78, 5) is 3.95. The van der Waals surface area contributed by atoms with Gasteiger partial charge in [0.05, 0.1) is 0 Å². The minimum atomic E-state index is 1.10. The van der Waals surface area contributed by atoms with Crippen LogP contribution >= 0.6 is 0 Å². The van der Waals surface area contributed by atoms with Crippen molar-refractivity contribution in [2.45, 2.75) is 0 Å². The van der Waals surface area contributed by atoms with Crippen molar-refractivity contribution in [3.63, 3.8) is 0 Å². The maximum Gasteiger partial charge on any atom is 0.0340 e. The SMILES string of the molecule is C=C/C=C/c1cccnc1. The van der Waals surface area contributed by atoms with E-state index in [0.717, 1.165) is 5.56 Å². The first-order chi connectivity index (χ1) is 4.93. The predicted molar refractivity (Wildman–Crippen MR) is 43.5 cm³/mol. The van der Waals surface area contributed by atoms with E-state index in [4.69, 9.17) is 0 Å². The average molecular weight is 131 g/mol. The molecule has 0 aliphatic carbocycles. The maximum absolute atomic E-state index is 3.95. The number of hydrogen-bond donors (Lipinski definition) is 0. The molecule has 0 saturated heterocycles. The van der Waals surface area contributed by atoms with Crippen molar-refractivity contribution in [2.24, 2.45) is 0 Å². The van der Waals surface area contributed by atoms with Gasteiger partial charge in [0, 0.05) is 12.4 Å². The Balaban J connectivity index is 2.76. The van der Waals surface area contributed by atoms with Crippen LogP contribution < -0.4 is 0 Å². The first-order valence-corrected chi connectivity index (χ1v) is 3.12. The fourth-order valence-corrected chi connectivity index (χ4v) is 0.654. The number of aromatic nitrogens is 1. The largest absolute Gasteiger partial charge is 0.264 e. The molecule has 0 bridgehead atoms. The molecule has 0 saturated carbocycles. The Labute approximate surface area is 60.7 Å². The van der Waals surface area contributed by atoms with E-state index in [1.54, 1.807) is 18.5 Å². The van der Waals surface area contributed by atoms with Gasteiger partial charge in [0.25, 0.3) is 0 Å². The van der Waals surface area contributed by atoms with Crippen molar-refractivity contribution in [3.8, 4) is 0 Å². The van der Waals surface area contributed by atoms with Crippen LogP contribution in [0.25, 0.3) is 6.08 Å². The van der Waals surface area contributed by atoms with E-state index >= 15 is 0 Å². The maximum atomic E-state index is 3.95. The lowest BCUT2D eigenvalue weighted by atomic mass is 10.2. The van der Waals surface area contributed by atoms with Crippen LogP contribution in [0.3, 0.4) is 0 Å². The van der Waals surface area contributed by atoms with Gasteiger partial charge in [-0.15, -0.1) is 0 Å². The molecule has 1 heteroatoms. The van der Waals surface area contributed by atoms with E-state index in [9.17, 15) is 0 Å². The molecule has 0 amide bonds. The van der Waals surface area contributed by atoms with Gasteiger partial charge in [-0.2, -0.15) is 0 Å². The zero-order valence-corrected chi connectivity index (χ0v) is 5.70. The Morgan fingerprint density at radius 3 is 3.00 bits per heavy atom. The zero-order chi connectivity index (χ0) is 7.23. The fourth-order valence-electron chi connectivity index (χ4n) is 0.654. The molecular weight excluding hydrogens is 122 g/mol. The minimum Gasteiger partial charge on any atom is -0.264 e. The Bertz CT molecular complexity index is 224. The number of hydrogen-bond acceptors (Lipinski definition) is 1. The predicted octanol–water partition coefficient (Wildman–Crippen LogP) is 2.28. The zero-order valence-electron chi connectivity index (χ0n) is 5.70. The molecule has 1 nitrogen and oxygen atoms in total. The molecule has 0 radical (unpaired) electrons. The van der Waals surface area contributed by atoms with Gasteiger partial charge < -0.3 is 0 Å². The van der Waals surface area contributed by atoms with Gasteiger partial charge >= 0.3 is 0 Å². The van der Waals surface area contributed by atoms with E-state index in [0.29, 0.717) is 0 Å². The third kappa shape index (κ3) is 1.86. The van der Waals surface area contributed by atoms with Crippen LogP contribution in [0.15, 0.2) is 43.3 Å². The molecule has 1 aromatic heterocycles. The standard InChI is InChI=1S/C9H9N/c1-2-3-5-9-6-4-7-10-8-9/h2-8H,1H2/b5-3+. The first kappa shape index (κ1) is 6.75. The van der Waals surface area contributed by atoms with E-state index < -0.39 is 0 Å². The van der Waals surface area contributed by atoms with E-state index in [-0.39, 0.29) is 0 Å². The van der Waals surface area contributed by atoms with Crippen molar-refractivity contribution < 1.29 is 0 Å². The van der Waals surface area contributed by atoms with Gasteiger partial charge in [0.2, 0.25) is 0 Å². The van der Waals surface area contributed by atoms with Crippen LogP contribution in [0.2, 0.25) is 0 Å². The number of rotatable bonds is 2. The smallest absolute Gasteiger partial charge is 0.0340 e. The summed E-state index contributed by atoms with van der Waals surface area (Å²) in [5.41, 5.74) is 1.10. The van der Waals surface area contributed by atoms with Crippen molar-refractivity contribution in [1.82, 2.24) is 4.98 Å². The molecule has 1 heterocycles. The Morgan fingerprint density at radius 1 is 1.50 bits per heavy atom. The molecule has 0 unspecified atom stereocenters. The summed E-state index contributed by atoms with van der Waals surface area (Å²) in [6.07, 6.45) is 9.15. The van der Waals surface area contributed by atoms with Crippen LogP contribution in [-0.4, -0.2) is 4.98 Å². The molecule has 0 fully saturated rings. The van der Waals surface area contributed by atoms with Gasteiger partial charge in [-0.3, -0.25) is 4.98 Å². The lowest BCUT2D eigenvalue weighted by Gasteiger charge is -1.86. The van der Waals surface area contributed by atoms with E-state index in [2.05, 4.69) is 11.6 Å². The van der Waals surface area contributed by atoms with Gasteiger partial charge in [-0.05, 0) is 11.6 Å². The summed E-state index contributed by atoms with van der Waals surface area (Å²) in [5, 5.41) is 0. The number of nitrogens with zero attached hydrogens (tertiary/aromatic N) is 1. The lowest BCUT2D eigenvalue weighted by molar-refractivity contribution is 1.32. The summed E-state index contributed by atoms with van der Waals surface area (Å²) in [6, 6.07) is 3.90. The van der Waals surface area contributed by atoms with Gasteiger partial charge in [0.1, 0.15) is 0 Å². The Hall–Kier alpha value is -1.37. The molecule has 0 atom stereocenters. The van der Waals surface area contributed by atoms with Crippen molar-refractivity contribution >= 4 is 6.08 Å². The van der Waals surface area contributed by atoms with Crippen LogP contribution in [-0.2, 0) is 0 Å². The van der Waals surface area contributed by atoms with Gasteiger partial charge in [-0.25, -0.2) is 0 Å². The van der Waals surface area contributed by atoms with Crippen molar-refractivity contribution in [1.29, 1.82) is 0 Å². The second kappa shape index (κ2) is 3.62. The molecule has 50 valence electrons. The van der Waals surface area contributed by atoms with Crippen molar-refractivity contribution in [3.05, 3.63) is 48.8 Å². The summed E-state index contributed by atoms with van der Waals surface area (Å²) in [6.45, 7) is 3.57. The molecule has 0 aliphatic heterocycles. The summed E-state index contributed by atoms with van der Waals surface area (Å²) >= 11 is 0. The molecule has 1 aromatic rings. The Kier molecular flexibility index (Phi) is 2.44.